The minimum absolute atomic E-state index is 0.110. The molecule has 19 heavy (non-hydrogen) atoms. The zero-order valence-electron chi connectivity index (χ0n) is 11.6. The van der Waals surface area contributed by atoms with Gasteiger partial charge in [0.05, 0.1) is 5.75 Å². The van der Waals surface area contributed by atoms with Crippen molar-refractivity contribution in [3.05, 3.63) is 0 Å². The van der Waals surface area contributed by atoms with Gasteiger partial charge in [-0.3, -0.25) is 0 Å². The first-order valence-electron chi connectivity index (χ1n) is 6.49. The molecule has 1 unspecified atom stereocenters. The van der Waals surface area contributed by atoms with E-state index in [0.717, 1.165) is 18.1 Å². The van der Waals surface area contributed by atoms with Gasteiger partial charge >= 0.3 is 0 Å². The summed E-state index contributed by atoms with van der Waals surface area (Å²) in [4.78, 5) is 0.192. The maximum absolute atomic E-state index is 12.2. The van der Waals surface area contributed by atoms with Crippen LogP contribution in [0, 0.1) is 11.3 Å². The highest BCUT2D eigenvalue weighted by Gasteiger charge is 2.45. The quantitative estimate of drug-likeness (QED) is 0.842. The molecule has 1 fully saturated rings. The molecule has 1 atom stereocenters. The number of aromatic nitrogens is 1. The third-order valence-electron chi connectivity index (χ3n) is 3.68. The second-order valence-corrected chi connectivity index (χ2v) is 8.63. The maximum Gasteiger partial charge on any atom is 0.185 e. The SMILES string of the molecule is CCCS(=O)(=O)c1c(N)nsc1NCC1CC1(C)C. The van der Waals surface area contributed by atoms with Gasteiger partial charge in [0.2, 0.25) is 0 Å². The van der Waals surface area contributed by atoms with Gasteiger partial charge in [-0.1, -0.05) is 20.8 Å². The monoisotopic (exact) mass is 303 g/mol. The van der Waals surface area contributed by atoms with E-state index in [2.05, 4.69) is 23.5 Å². The highest BCUT2D eigenvalue weighted by atomic mass is 32.2. The molecule has 1 aliphatic rings. The molecule has 1 saturated carbocycles. The molecule has 2 rings (SSSR count). The second-order valence-electron chi connectivity index (χ2n) is 5.82. The summed E-state index contributed by atoms with van der Waals surface area (Å²) in [6, 6.07) is 0. The first-order valence-corrected chi connectivity index (χ1v) is 8.92. The van der Waals surface area contributed by atoms with Gasteiger partial charge in [0, 0.05) is 6.54 Å². The van der Waals surface area contributed by atoms with E-state index in [-0.39, 0.29) is 16.5 Å². The van der Waals surface area contributed by atoms with Gasteiger partial charge in [-0.05, 0) is 35.7 Å². The van der Waals surface area contributed by atoms with Gasteiger partial charge in [-0.25, -0.2) is 8.42 Å². The molecule has 1 heterocycles. The van der Waals surface area contributed by atoms with Crippen molar-refractivity contribution in [1.29, 1.82) is 0 Å². The Morgan fingerprint density at radius 1 is 1.53 bits per heavy atom. The van der Waals surface area contributed by atoms with Gasteiger partial charge in [0.25, 0.3) is 0 Å². The molecule has 1 aliphatic carbocycles. The van der Waals surface area contributed by atoms with E-state index in [4.69, 9.17) is 5.73 Å². The molecule has 0 bridgehead atoms. The molecule has 1 aromatic heterocycles. The van der Waals surface area contributed by atoms with Crippen LogP contribution in [0.3, 0.4) is 0 Å². The Kier molecular flexibility index (Phi) is 3.79. The minimum atomic E-state index is -3.32. The van der Waals surface area contributed by atoms with Crippen LogP contribution in [-0.4, -0.2) is 25.1 Å². The molecule has 3 N–H and O–H groups in total. The van der Waals surface area contributed by atoms with Crippen LogP contribution < -0.4 is 11.1 Å². The van der Waals surface area contributed by atoms with Gasteiger partial charge < -0.3 is 11.1 Å². The summed E-state index contributed by atoms with van der Waals surface area (Å²) < 4.78 is 28.3. The lowest BCUT2D eigenvalue weighted by Gasteiger charge is -2.08. The number of sulfone groups is 1. The summed E-state index contributed by atoms with van der Waals surface area (Å²) in [6.45, 7) is 7.06. The van der Waals surface area contributed by atoms with Crippen molar-refractivity contribution in [3.8, 4) is 0 Å². The number of rotatable bonds is 6. The Balaban J connectivity index is 2.14. The predicted molar refractivity (Wildman–Crippen MR) is 79.2 cm³/mol. The lowest BCUT2D eigenvalue weighted by atomic mass is 10.1. The molecule has 0 saturated heterocycles. The summed E-state index contributed by atoms with van der Waals surface area (Å²) in [5.41, 5.74) is 6.08. The van der Waals surface area contributed by atoms with E-state index >= 15 is 0 Å². The van der Waals surface area contributed by atoms with Crippen LogP contribution in [0.2, 0.25) is 0 Å². The minimum Gasteiger partial charge on any atom is -0.382 e. The number of hydrogen-bond acceptors (Lipinski definition) is 6. The molecule has 5 nitrogen and oxygen atoms in total. The van der Waals surface area contributed by atoms with Crippen LogP contribution in [0.25, 0.3) is 0 Å². The van der Waals surface area contributed by atoms with Crippen LogP contribution in [0.4, 0.5) is 10.8 Å². The first kappa shape index (κ1) is 14.6. The molecular formula is C12H21N3O2S2. The lowest BCUT2D eigenvalue weighted by molar-refractivity contribution is 0.573. The van der Waals surface area contributed by atoms with Crippen LogP contribution in [0.15, 0.2) is 4.90 Å². The standard InChI is InChI=1S/C12H21N3O2S2/c1-4-5-19(16,17)9-10(13)15-18-11(9)14-7-8-6-12(8,2)3/h8,14H,4-7H2,1-3H3,(H2,13,15). The Hall–Kier alpha value is -0.820. The number of nitrogen functional groups attached to an aromatic ring is 1. The zero-order valence-corrected chi connectivity index (χ0v) is 13.2. The third kappa shape index (κ3) is 3.02. The Morgan fingerprint density at radius 2 is 2.16 bits per heavy atom. The molecule has 0 spiro atoms. The van der Waals surface area contributed by atoms with E-state index < -0.39 is 9.84 Å². The summed E-state index contributed by atoms with van der Waals surface area (Å²) in [7, 11) is -3.32. The third-order valence-corrected chi connectivity index (χ3v) is 6.61. The average molecular weight is 303 g/mol. The molecule has 0 aromatic carbocycles. The first-order chi connectivity index (χ1) is 8.78. The maximum atomic E-state index is 12.2. The normalized spacial score (nSPS) is 21.3. The van der Waals surface area contributed by atoms with Crippen LogP contribution >= 0.6 is 11.5 Å². The topological polar surface area (TPSA) is 85.1 Å². The second kappa shape index (κ2) is 4.94. The van der Waals surface area contributed by atoms with Crippen molar-refractivity contribution < 1.29 is 8.42 Å². The van der Waals surface area contributed by atoms with E-state index in [1.165, 1.54) is 6.42 Å². The van der Waals surface area contributed by atoms with Gasteiger partial charge in [0.1, 0.15) is 9.90 Å². The molecular weight excluding hydrogens is 282 g/mol. The smallest absolute Gasteiger partial charge is 0.185 e. The van der Waals surface area contributed by atoms with Crippen LogP contribution in [-0.2, 0) is 9.84 Å². The number of nitrogens with one attached hydrogen (secondary N) is 1. The molecule has 0 amide bonds. The zero-order chi connectivity index (χ0) is 14.3. The van der Waals surface area contributed by atoms with Crippen molar-refractivity contribution in [2.24, 2.45) is 11.3 Å². The van der Waals surface area contributed by atoms with Gasteiger partial charge in [0.15, 0.2) is 15.7 Å². The molecule has 0 aliphatic heterocycles. The van der Waals surface area contributed by atoms with E-state index in [1.54, 1.807) is 0 Å². The fourth-order valence-electron chi connectivity index (χ4n) is 2.22. The Morgan fingerprint density at radius 3 is 2.68 bits per heavy atom. The highest BCUT2D eigenvalue weighted by molar-refractivity contribution is 7.91. The van der Waals surface area contributed by atoms with E-state index in [1.807, 2.05) is 6.92 Å². The summed E-state index contributed by atoms with van der Waals surface area (Å²) >= 11 is 1.13. The van der Waals surface area contributed by atoms with Crippen LogP contribution in [0.5, 0.6) is 0 Å². The largest absolute Gasteiger partial charge is 0.382 e. The summed E-state index contributed by atoms with van der Waals surface area (Å²) in [6.07, 6.45) is 1.75. The number of hydrogen-bond donors (Lipinski definition) is 2. The van der Waals surface area contributed by atoms with Crippen molar-refractivity contribution in [2.45, 2.75) is 38.5 Å². The fraction of sp³-hybridized carbons (Fsp3) is 0.750. The molecule has 1 aromatic rings. The van der Waals surface area contributed by atoms with Crippen molar-refractivity contribution in [2.75, 3.05) is 23.3 Å². The number of nitrogens with two attached hydrogens (primary N) is 1. The molecule has 108 valence electrons. The molecule has 0 radical (unpaired) electrons. The van der Waals surface area contributed by atoms with Gasteiger partial charge in [-0.2, -0.15) is 4.37 Å². The fourth-order valence-corrected chi connectivity index (χ4v) is 4.85. The Labute approximate surface area is 118 Å². The van der Waals surface area contributed by atoms with Crippen molar-refractivity contribution in [1.82, 2.24) is 4.37 Å². The average Bonchev–Trinajstić information content (AvgIpc) is 2.71. The number of anilines is 2. The highest BCUT2D eigenvalue weighted by Crippen LogP contribution is 2.51. The van der Waals surface area contributed by atoms with Crippen LogP contribution in [0.1, 0.15) is 33.6 Å². The predicted octanol–water partition coefficient (Wildman–Crippen LogP) is 2.37. The van der Waals surface area contributed by atoms with Crippen molar-refractivity contribution in [3.63, 3.8) is 0 Å². The van der Waals surface area contributed by atoms with E-state index in [0.29, 0.717) is 22.8 Å². The molecule has 7 heteroatoms. The summed E-state index contributed by atoms with van der Waals surface area (Å²) in [5, 5.41) is 3.80. The summed E-state index contributed by atoms with van der Waals surface area (Å²) in [5.74, 6) is 0.827. The lowest BCUT2D eigenvalue weighted by Crippen LogP contribution is -2.12. The number of nitrogens with zero attached hydrogens (tertiary/aromatic N) is 1. The van der Waals surface area contributed by atoms with Gasteiger partial charge in [-0.15, -0.1) is 0 Å². The Bertz CT molecular complexity index is 564. The van der Waals surface area contributed by atoms with Crippen molar-refractivity contribution >= 4 is 32.2 Å². The van der Waals surface area contributed by atoms with E-state index in [9.17, 15) is 8.42 Å².